The van der Waals surface area contributed by atoms with Crippen LogP contribution < -0.4 is 9.08 Å². The molecule has 2 aliphatic heterocycles. The molecule has 8 atom stereocenters. The van der Waals surface area contributed by atoms with Gasteiger partial charge in [-0.05, 0) is 83.6 Å². The number of ether oxygens (including phenoxy) is 1. The number of rotatable bonds is 12. The molecule has 1 unspecified atom stereocenters. The van der Waals surface area contributed by atoms with Gasteiger partial charge in [-0.3, -0.25) is 4.79 Å². The predicted molar refractivity (Wildman–Crippen MR) is 181 cm³/mol. The van der Waals surface area contributed by atoms with Gasteiger partial charge in [0, 0.05) is 5.69 Å². The molecule has 11 nitrogen and oxygen atoms in total. The largest absolute Gasteiger partial charge is 0.394 e. The van der Waals surface area contributed by atoms with Crippen molar-refractivity contribution in [2.75, 3.05) is 17.3 Å². The Labute approximate surface area is 293 Å². The zero-order valence-corrected chi connectivity index (χ0v) is 27.9. The highest BCUT2D eigenvalue weighted by molar-refractivity contribution is 7.87. The van der Waals surface area contributed by atoms with Crippen LogP contribution in [0.1, 0.15) is 36.1 Å². The van der Waals surface area contributed by atoms with E-state index in [1.165, 1.54) is 60.7 Å². The lowest BCUT2D eigenvalue weighted by molar-refractivity contribution is -0.223. The minimum Gasteiger partial charge on any atom is -0.394 e. The number of β-lactam (4-membered cyclic amide) rings is 1. The first-order valence-corrected chi connectivity index (χ1v) is 17.9. The third-order valence-corrected chi connectivity index (χ3v) is 10.5. The van der Waals surface area contributed by atoms with Crippen molar-refractivity contribution in [2.45, 2.75) is 55.5 Å². The molecule has 1 amide bonds. The van der Waals surface area contributed by atoms with Gasteiger partial charge in [0.2, 0.25) is 5.91 Å². The first-order chi connectivity index (χ1) is 24.3. The number of hydrogen-bond donors (Lipinski definition) is 5. The number of hydrogen-bond acceptors (Lipinski definition) is 10. The summed E-state index contributed by atoms with van der Waals surface area (Å²) in [4.78, 5) is 15.0. The fourth-order valence-electron chi connectivity index (χ4n) is 6.56. The Bertz CT molecular complexity index is 1910. The Morgan fingerprint density at radius 3 is 1.90 bits per heavy atom. The van der Waals surface area contributed by atoms with E-state index >= 15 is 0 Å². The number of halogens is 2. The van der Waals surface area contributed by atoms with E-state index < -0.39 is 82.7 Å². The number of aliphatic hydroxyl groups is 5. The molecule has 4 aromatic carbocycles. The van der Waals surface area contributed by atoms with Gasteiger partial charge in [-0.25, -0.2) is 8.78 Å². The molecule has 0 saturated carbocycles. The highest BCUT2D eigenvalue weighted by atomic mass is 32.2. The van der Waals surface area contributed by atoms with Crippen LogP contribution >= 0.6 is 0 Å². The molecule has 2 saturated heterocycles. The van der Waals surface area contributed by atoms with Gasteiger partial charge in [0.1, 0.15) is 53.7 Å². The van der Waals surface area contributed by atoms with E-state index in [0.717, 1.165) is 16.7 Å². The topological polar surface area (TPSA) is 174 Å². The molecular weight excluding hydrogens is 688 g/mol. The molecule has 270 valence electrons. The second kappa shape index (κ2) is 15.1. The molecule has 51 heavy (non-hydrogen) atoms. The monoisotopic (exact) mass is 725 g/mol. The van der Waals surface area contributed by atoms with Crippen molar-refractivity contribution in [3.05, 3.63) is 120 Å². The minimum absolute atomic E-state index is 0.0199. The number of amides is 1. The number of anilines is 1. The standard InChI is InChI=1S/C37H37F2NO10S/c38-25-9-5-23(6-10-25)30(42)18-17-29-33(40(37(29)46)27-13-11-26(39)12-14-27)24-3-1-21(2-4-24)22-7-15-28(16-8-22)50-51(47,48)20-32-35(44)36(45)34(43)31(19-41)49-32/h1-16,29-36,41-45H,17-20H2/t29-,30+,31-,32?,33-,34-,35+,36+/m1/s1. The van der Waals surface area contributed by atoms with Crippen LogP contribution in [-0.4, -0.2) is 82.7 Å². The van der Waals surface area contributed by atoms with Crippen LogP contribution in [0.3, 0.4) is 0 Å². The third-order valence-electron chi connectivity index (χ3n) is 9.35. The Hall–Kier alpha value is -4.28. The summed E-state index contributed by atoms with van der Waals surface area (Å²) in [6, 6.07) is 24.4. The average Bonchev–Trinajstić information content (AvgIpc) is 3.12. The normalized spacial score (nSPS) is 25.7. The van der Waals surface area contributed by atoms with E-state index in [1.807, 2.05) is 24.3 Å². The lowest BCUT2D eigenvalue weighted by atomic mass is 9.78. The average molecular weight is 726 g/mol. The minimum atomic E-state index is -4.34. The SMILES string of the molecule is O=C1[C@H](CC[C@H](O)c2ccc(F)cc2)[C@@H](c2ccc(-c3ccc(OS(=O)(=O)CC4O[C@H](CO)[C@@H](O)[C@H](O)[C@H]4O)cc3)cc2)N1c1ccc(F)cc1. The van der Waals surface area contributed by atoms with E-state index in [4.69, 9.17) is 8.92 Å². The molecule has 6 rings (SSSR count). The molecule has 2 aliphatic rings. The molecule has 0 aromatic heterocycles. The van der Waals surface area contributed by atoms with E-state index in [2.05, 4.69) is 0 Å². The van der Waals surface area contributed by atoms with Gasteiger partial charge >= 0.3 is 10.1 Å². The number of aliphatic hydroxyl groups excluding tert-OH is 5. The van der Waals surface area contributed by atoms with E-state index in [1.54, 1.807) is 17.0 Å². The van der Waals surface area contributed by atoms with Crippen molar-refractivity contribution < 1.29 is 56.4 Å². The lowest BCUT2D eigenvalue weighted by Crippen LogP contribution is -2.60. The van der Waals surface area contributed by atoms with Crippen molar-refractivity contribution in [3.8, 4) is 16.9 Å². The molecule has 2 heterocycles. The van der Waals surface area contributed by atoms with Crippen molar-refractivity contribution in [3.63, 3.8) is 0 Å². The maximum atomic E-state index is 13.7. The maximum Gasteiger partial charge on any atom is 0.311 e. The van der Waals surface area contributed by atoms with Crippen molar-refractivity contribution >= 4 is 21.7 Å². The molecule has 0 bridgehead atoms. The molecule has 5 N–H and O–H groups in total. The van der Waals surface area contributed by atoms with Gasteiger partial charge in [-0.2, -0.15) is 8.42 Å². The smallest absolute Gasteiger partial charge is 0.311 e. The highest BCUT2D eigenvalue weighted by Gasteiger charge is 2.48. The second-order valence-corrected chi connectivity index (χ2v) is 14.3. The fourth-order valence-corrected chi connectivity index (χ4v) is 7.71. The van der Waals surface area contributed by atoms with Crippen LogP contribution in [0.2, 0.25) is 0 Å². The summed E-state index contributed by atoms with van der Waals surface area (Å²) < 4.78 is 63.1. The van der Waals surface area contributed by atoms with Gasteiger partial charge in [0.25, 0.3) is 0 Å². The van der Waals surface area contributed by atoms with Crippen LogP contribution in [0, 0.1) is 17.6 Å². The second-order valence-electron chi connectivity index (χ2n) is 12.7. The molecule has 0 spiro atoms. The van der Waals surface area contributed by atoms with Crippen molar-refractivity contribution in [1.82, 2.24) is 0 Å². The van der Waals surface area contributed by atoms with Crippen LogP contribution in [0.15, 0.2) is 97.1 Å². The first-order valence-electron chi connectivity index (χ1n) is 16.3. The Morgan fingerprint density at radius 1 is 0.765 bits per heavy atom. The molecular formula is C37H37F2NO10S. The van der Waals surface area contributed by atoms with Crippen molar-refractivity contribution in [2.24, 2.45) is 5.92 Å². The van der Waals surface area contributed by atoms with Gasteiger partial charge in [-0.15, -0.1) is 0 Å². The number of benzene rings is 4. The molecule has 2 fully saturated rings. The highest BCUT2D eigenvalue weighted by Crippen LogP contribution is 2.46. The Balaban J connectivity index is 1.14. The van der Waals surface area contributed by atoms with Crippen molar-refractivity contribution in [1.29, 1.82) is 0 Å². The van der Waals surface area contributed by atoms with Crippen LogP contribution in [-0.2, 0) is 19.6 Å². The van der Waals surface area contributed by atoms with Gasteiger partial charge in [0.05, 0.1) is 24.7 Å². The summed E-state index contributed by atoms with van der Waals surface area (Å²) in [6.07, 6.45) is -8.05. The first kappa shape index (κ1) is 36.5. The fraction of sp³-hybridized carbons (Fsp3) is 0.324. The summed E-state index contributed by atoms with van der Waals surface area (Å²) >= 11 is 0. The number of carbonyl (C=O) groups excluding carboxylic acids is 1. The zero-order chi connectivity index (χ0) is 36.4. The van der Waals surface area contributed by atoms with E-state index in [-0.39, 0.29) is 18.1 Å². The zero-order valence-electron chi connectivity index (χ0n) is 27.1. The number of nitrogens with zero attached hydrogens (tertiary/aromatic N) is 1. The van der Waals surface area contributed by atoms with Gasteiger partial charge in [0.15, 0.2) is 0 Å². The Kier molecular flexibility index (Phi) is 10.8. The van der Waals surface area contributed by atoms with E-state index in [9.17, 15) is 47.5 Å². The summed E-state index contributed by atoms with van der Waals surface area (Å²) in [5.41, 5.74) is 3.38. The summed E-state index contributed by atoms with van der Waals surface area (Å²) in [5.74, 6) is -2.36. The molecule has 0 radical (unpaired) electrons. The van der Waals surface area contributed by atoms with Crippen LogP contribution in [0.4, 0.5) is 14.5 Å². The Morgan fingerprint density at radius 2 is 1.31 bits per heavy atom. The predicted octanol–water partition coefficient (Wildman–Crippen LogP) is 3.40. The molecule has 0 aliphatic carbocycles. The summed E-state index contributed by atoms with van der Waals surface area (Å²) in [5, 5.41) is 50.2. The van der Waals surface area contributed by atoms with Gasteiger partial charge < -0.3 is 39.4 Å². The third kappa shape index (κ3) is 7.97. The maximum absolute atomic E-state index is 13.7. The van der Waals surface area contributed by atoms with Crippen LogP contribution in [0.25, 0.3) is 11.1 Å². The van der Waals surface area contributed by atoms with E-state index in [0.29, 0.717) is 17.7 Å². The summed E-state index contributed by atoms with van der Waals surface area (Å²) in [7, 11) is -4.34. The summed E-state index contributed by atoms with van der Waals surface area (Å²) in [6.45, 7) is -0.695. The van der Waals surface area contributed by atoms with Crippen LogP contribution in [0.5, 0.6) is 5.75 Å². The quantitative estimate of drug-likeness (QED) is 0.108. The molecule has 4 aromatic rings. The lowest BCUT2D eigenvalue weighted by Gasteiger charge is -2.48. The van der Waals surface area contributed by atoms with Gasteiger partial charge in [-0.1, -0.05) is 48.5 Å². The number of carbonyl (C=O) groups is 1. The molecule has 14 heteroatoms.